The Morgan fingerprint density at radius 1 is 0.935 bits per heavy atom. The quantitative estimate of drug-likeness (QED) is 0.376. The normalized spacial score (nSPS) is 11.5. The van der Waals surface area contributed by atoms with Gasteiger partial charge in [0, 0.05) is 17.9 Å². The van der Waals surface area contributed by atoms with Crippen molar-refractivity contribution in [2.45, 2.75) is 15.0 Å². The van der Waals surface area contributed by atoms with Gasteiger partial charge < -0.3 is 5.32 Å². The summed E-state index contributed by atoms with van der Waals surface area (Å²) in [5.74, 6) is 0.338. The molecule has 1 heterocycles. The SMILES string of the molecule is O=C(NCCS(=O)(=O)c1ccccc1)c1ccc(CSc2nc3ccccc3s2)cc1. The lowest BCUT2D eigenvalue weighted by molar-refractivity contribution is 0.0956. The zero-order chi connectivity index (χ0) is 21.7. The smallest absolute Gasteiger partial charge is 0.251 e. The molecular formula is C23H20N2O3S3. The van der Waals surface area contributed by atoms with E-state index in [0.717, 1.165) is 21.2 Å². The van der Waals surface area contributed by atoms with Crippen LogP contribution in [0.15, 0.2) is 88.1 Å². The molecule has 0 bridgehead atoms. The van der Waals surface area contributed by atoms with Gasteiger partial charge in [0.05, 0.1) is 20.9 Å². The third-order valence-electron chi connectivity index (χ3n) is 4.61. The fourth-order valence-electron chi connectivity index (χ4n) is 2.96. The Morgan fingerprint density at radius 2 is 1.65 bits per heavy atom. The standard InChI is InChI=1S/C23H20N2O3S3/c26-22(24-14-15-31(27,28)19-6-2-1-3-7-19)18-12-10-17(11-13-18)16-29-23-25-20-8-4-5-9-21(20)30-23/h1-13H,14-16H2,(H,24,26). The van der Waals surface area contributed by atoms with E-state index in [2.05, 4.69) is 16.4 Å². The maximum Gasteiger partial charge on any atom is 0.251 e. The first-order valence-electron chi connectivity index (χ1n) is 9.65. The van der Waals surface area contributed by atoms with Gasteiger partial charge >= 0.3 is 0 Å². The highest BCUT2D eigenvalue weighted by Crippen LogP contribution is 2.31. The highest BCUT2D eigenvalue weighted by atomic mass is 32.2. The van der Waals surface area contributed by atoms with Crippen LogP contribution in [-0.4, -0.2) is 31.6 Å². The number of nitrogens with zero attached hydrogens (tertiary/aromatic N) is 1. The number of aromatic nitrogens is 1. The molecular weight excluding hydrogens is 448 g/mol. The van der Waals surface area contributed by atoms with Crippen LogP contribution in [0.3, 0.4) is 0 Å². The molecule has 0 aliphatic heterocycles. The molecule has 0 fully saturated rings. The van der Waals surface area contributed by atoms with E-state index in [1.165, 1.54) is 4.70 Å². The molecule has 0 saturated heterocycles. The highest BCUT2D eigenvalue weighted by Gasteiger charge is 2.14. The molecule has 0 saturated carbocycles. The molecule has 4 rings (SSSR count). The molecule has 4 aromatic rings. The Labute approximate surface area is 189 Å². The minimum Gasteiger partial charge on any atom is -0.351 e. The largest absolute Gasteiger partial charge is 0.351 e. The average Bonchev–Trinajstić information content (AvgIpc) is 3.21. The summed E-state index contributed by atoms with van der Waals surface area (Å²) in [4.78, 5) is 17.2. The molecule has 0 unspecified atom stereocenters. The minimum absolute atomic E-state index is 0.0608. The van der Waals surface area contributed by atoms with Gasteiger partial charge in [0.25, 0.3) is 5.91 Å². The molecule has 31 heavy (non-hydrogen) atoms. The third-order valence-corrected chi connectivity index (χ3v) is 8.59. The molecule has 1 amide bonds. The fraction of sp³-hybridized carbons (Fsp3) is 0.130. The van der Waals surface area contributed by atoms with Gasteiger partial charge in [-0.05, 0) is 42.0 Å². The third kappa shape index (κ3) is 5.52. The molecule has 0 aliphatic rings. The molecule has 8 heteroatoms. The fourth-order valence-corrected chi connectivity index (χ4v) is 6.16. The first-order valence-corrected chi connectivity index (χ1v) is 13.1. The molecule has 1 aromatic heterocycles. The monoisotopic (exact) mass is 468 g/mol. The van der Waals surface area contributed by atoms with Crippen molar-refractivity contribution in [3.8, 4) is 0 Å². The van der Waals surface area contributed by atoms with Gasteiger partial charge in [-0.1, -0.05) is 54.2 Å². The van der Waals surface area contributed by atoms with Gasteiger partial charge in [0.15, 0.2) is 14.2 Å². The van der Waals surface area contributed by atoms with Crippen molar-refractivity contribution in [2.75, 3.05) is 12.3 Å². The number of carbonyl (C=O) groups is 1. The van der Waals surface area contributed by atoms with Crippen LogP contribution in [0.1, 0.15) is 15.9 Å². The number of hydrogen-bond acceptors (Lipinski definition) is 6. The van der Waals surface area contributed by atoms with Gasteiger partial charge in [-0.25, -0.2) is 13.4 Å². The number of amides is 1. The summed E-state index contributed by atoms with van der Waals surface area (Å²) in [5, 5.41) is 2.69. The highest BCUT2D eigenvalue weighted by molar-refractivity contribution is 8.00. The zero-order valence-corrected chi connectivity index (χ0v) is 19.0. The number of benzene rings is 3. The lowest BCUT2D eigenvalue weighted by atomic mass is 10.1. The number of para-hydroxylation sites is 1. The summed E-state index contributed by atoms with van der Waals surface area (Å²) < 4.78 is 26.8. The lowest BCUT2D eigenvalue weighted by Gasteiger charge is -2.07. The molecule has 0 spiro atoms. The molecule has 3 aromatic carbocycles. The second kappa shape index (κ2) is 9.64. The van der Waals surface area contributed by atoms with Crippen LogP contribution < -0.4 is 5.32 Å². The van der Waals surface area contributed by atoms with Gasteiger partial charge in [0.1, 0.15) is 0 Å². The Balaban J connectivity index is 1.28. The van der Waals surface area contributed by atoms with Crippen LogP contribution in [0.25, 0.3) is 10.2 Å². The summed E-state index contributed by atoms with van der Waals surface area (Å²) in [6.45, 7) is 0.0608. The second-order valence-corrected chi connectivity index (χ2v) is 11.2. The lowest BCUT2D eigenvalue weighted by Crippen LogP contribution is -2.29. The van der Waals surface area contributed by atoms with Crippen molar-refractivity contribution in [3.63, 3.8) is 0 Å². The van der Waals surface area contributed by atoms with Crippen molar-refractivity contribution in [1.82, 2.24) is 10.3 Å². The first kappa shape index (κ1) is 21.5. The van der Waals surface area contributed by atoms with Crippen molar-refractivity contribution in [2.24, 2.45) is 0 Å². The number of sulfone groups is 1. The number of hydrogen-bond donors (Lipinski definition) is 1. The molecule has 0 atom stereocenters. The Bertz CT molecular complexity index is 1250. The van der Waals surface area contributed by atoms with E-state index in [1.807, 2.05) is 30.3 Å². The Hall–Kier alpha value is -2.68. The molecule has 5 nitrogen and oxygen atoms in total. The summed E-state index contributed by atoms with van der Waals surface area (Å²) in [6.07, 6.45) is 0. The zero-order valence-electron chi connectivity index (χ0n) is 16.5. The first-order chi connectivity index (χ1) is 15.0. The molecule has 0 aliphatic carbocycles. The summed E-state index contributed by atoms with van der Waals surface area (Å²) >= 11 is 3.34. The van der Waals surface area contributed by atoms with Crippen molar-refractivity contribution in [3.05, 3.63) is 90.0 Å². The van der Waals surface area contributed by atoms with E-state index < -0.39 is 9.84 Å². The van der Waals surface area contributed by atoms with Crippen molar-refractivity contribution < 1.29 is 13.2 Å². The number of thioether (sulfide) groups is 1. The molecule has 1 N–H and O–H groups in total. The summed E-state index contributed by atoms with van der Waals surface area (Å²) in [5.41, 5.74) is 2.61. The minimum atomic E-state index is -3.41. The number of carbonyl (C=O) groups excluding carboxylic acids is 1. The van der Waals surface area contributed by atoms with Crippen LogP contribution in [0.5, 0.6) is 0 Å². The maximum atomic E-state index is 12.3. The van der Waals surface area contributed by atoms with Gasteiger partial charge in [-0.2, -0.15) is 0 Å². The van der Waals surface area contributed by atoms with E-state index in [0.29, 0.717) is 5.56 Å². The predicted molar refractivity (Wildman–Crippen MR) is 126 cm³/mol. The molecule has 158 valence electrons. The topological polar surface area (TPSA) is 76.1 Å². The number of fused-ring (bicyclic) bond motifs is 1. The maximum absolute atomic E-state index is 12.3. The second-order valence-electron chi connectivity index (χ2n) is 6.82. The predicted octanol–water partition coefficient (Wildman–Crippen LogP) is 4.79. The van der Waals surface area contributed by atoms with Gasteiger partial charge in [-0.3, -0.25) is 4.79 Å². The van der Waals surface area contributed by atoms with Crippen LogP contribution in [0.2, 0.25) is 0 Å². The average molecular weight is 469 g/mol. The van der Waals surface area contributed by atoms with E-state index in [4.69, 9.17) is 0 Å². The van der Waals surface area contributed by atoms with Crippen molar-refractivity contribution in [1.29, 1.82) is 0 Å². The number of nitrogens with one attached hydrogen (secondary N) is 1. The summed E-state index contributed by atoms with van der Waals surface area (Å²) in [7, 11) is -3.41. The van der Waals surface area contributed by atoms with Crippen LogP contribution in [0.4, 0.5) is 0 Å². The number of rotatable bonds is 8. The van der Waals surface area contributed by atoms with Crippen molar-refractivity contribution >= 4 is 49.1 Å². The van der Waals surface area contributed by atoms with Crippen LogP contribution in [0, 0.1) is 0 Å². The summed E-state index contributed by atoms with van der Waals surface area (Å²) in [6, 6.07) is 23.7. The van der Waals surface area contributed by atoms with E-state index in [-0.39, 0.29) is 23.1 Å². The Morgan fingerprint density at radius 3 is 2.39 bits per heavy atom. The van der Waals surface area contributed by atoms with E-state index in [9.17, 15) is 13.2 Å². The number of thiazole rings is 1. The van der Waals surface area contributed by atoms with Gasteiger partial charge in [0.2, 0.25) is 0 Å². The Kier molecular flexibility index (Phi) is 6.70. The van der Waals surface area contributed by atoms with Crippen LogP contribution >= 0.6 is 23.1 Å². The van der Waals surface area contributed by atoms with E-state index >= 15 is 0 Å². The molecule has 0 radical (unpaired) electrons. The van der Waals surface area contributed by atoms with E-state index in [1.54, 1.807) is 65.6 Å². The van der Waals surface area contributed by atoms with Gasteiger partial charge in [-0.15, -0.1) is 11.3 Å². The van der Waals surface area contributed by atoms with Crippen LogP contribution in [-0.2, 0) is 15.6 Å².